The van der Waals surface area contributed by atoms with Crippen LogP contribution in [0, 0.1) is 30.9 Å². The molecule has 0 unspecified atom stereocenters. The zero-order valence-electron chi connectivity index (χ0n) is 62.7. The van der Waals surface area contributed by atoms with E-state index in [-0.39, 0.29) is 106 Å². The summed E-state index contributed by atoms with van der Waals surface area (Å²) >= 11 is 0. The molecule has 0 atom stereocenters. The Morgan fingerprint density at radius 3 is 1.16 bits per heavy atom. The maximum atomic E-state index is 13.2. The van der Waals surface area contributed by atoms with Crippen molar-refractivity contribution in [1.82, 2.24) is 15.0 Å². The summed E-state index contributed by atoms with van der Waals surface area (Å²) < 4.78 is 31.7. The molecule has 0 spiro atoms. The molecule has 6 aromatic heterocycles. The van der Waals surface area contributed by atoms with Gasteiger partial charge in [0.2, 0.25) is 0 Å². The molecule has 0 amide bonds. The van der Waals surface area contributed by atoms with Crippen molar-refractivity contribution in [2.24, 2.45) is 0 Å². The number of benzene rings is 9. The van der Waals surface area contributed by atoms with Crippen molar-refractivity contribution < 1.29 is 108 Å². The summed E-state index contributed by atoms with van der Waals surface area (Å²) in [5.74, 6) is 1.96. The monoisotopic (exact) mass is 2010 g/mol. The Morgan fingerprint density at radius 2 is 0.766 bits per heavy atom. The van der Waals surface area contributed by atoms with Crippen molar-refractivity contribution in [3.05, 3.63) is 344 Å². The number of nitrogens with zero attached hydrogens (tertiary/aromatic N) is 3. The number of allylic oxidation sites excluding steroid dienone is 6. The van der Waals surface area contributed by atoms with Gasteiger partial charge in [-0.3, -0.25) is 14.4 Å². The second-order valence-corrected chi connectivity index (χ2v) is 26.5. The number of aliphatic hydroxyl groups is 3. The van der Waals surface area contributed by atoms with Crippen molar-refractivity contribution in [3.8, 4) is 101 Å². The molecular weight excluding hydrogens is 1920 g/mol. The Hall–Kier alpha value is -11.4. The molecule has 0 saturated carbocycles. The van der Waals surface area contributed by atoms with Gasteiger partial charge >= 0.3 is 0 Å². The summed E-state index contributed by atoms with van der Waals surface area (Å²) in [6.07, 6.45) is 9.10. The van der Waals surface area contributed by atoms with E-state index in [0.717, 1.165) is 128 Å². The van der Waals surface area contributed by atoms with Gasteiger partial charge in [-0.15, -0.1) is 106 Å². The van der Waals surface area contributed by atoms with Crippen molar-refractivity contribution in [1.29, 1.82) is 0 Å². The van der Waals surface area contributed by atoms with Gasteiger partial charge < -0.3 is 43.5 Å². The molecule has 111 heavy (non-hydrogen) atoms. The van der Waals surface area contributed by atoms with Gasteiger partial charge in [0, 0.05) is 136 Å². The topological polar surface area (TPSA) is 190 Å². The van der Waals surface area contributed by atoms with Crippen molar-refractivity contribution >= 4 is 50.3 Å². The minimum atomic E-state index is -0.266. The van der Waals surface area contributed by atoms with Crippen LogP contribution in [0.15, 0.2) is 322 Å². The minimum absolute atomic E-state index is 0. The summed E-state index contributed by atoms with van der Waals surface area (Å²) in [5.41, 5.74) is 20.0. The van der Waals surface area contributed by atoms with Crippen LogP contribution in [0.25, 0.3) is 134 Å². The quantitative estimate of drug-likeness (QED) is 0.0597. The molecule has 0 aliphatic carbocycles. The maximum absolute atomic E-state index is 13.2. The van der Waals surface area contributed by atoms with E-state index in [1.807, 2.05) is 128 Å². The number of carbonyl (C=O) groups excluding carboxylic acids is 3. The molecule has 3 radical (unpaired) electrons. The molecule has 6 heterocycles. The molecule has 567 valence electrons. The molecular formula is C95H81FIr3N3O9-3. The number of furan rings is 3. The molecule has 0 aliphatic heterocycles. The normalized spacial score (nSPS) is 11.0. The van der Waals surface area contributed by atoms with E-state index >= 15 is 0 Å². The van der Waals surface area contributed by atoms with Gasteiger partial charge in [-0.2, -0.15) is 0 Å². The zero-order chi connectivity index (χ0) is 76.9. The standard InChI is InChI=1S/C31H20NO.C25H15FNO.C24H22NO.3C5H8O2.3Ir/c1-4-11-22(12-5-1)25-17-10-18-26(19-25)28-20-29-27(21-32-28)30(23-13-6-2-7-14-23)31(33-29)24-15-8-3-9-16-24;26-22-11-9-18(10-12-22)24-14-21-16-27-23(15-25(21)28-24)20-8-4-7-19(13-20)17-5-2-1-3-6-17;1-16-10-18(12-20(11-16)24(2,3)4)21-14-23-19(15-25-21)13-22(26-23)17-8-6-5-7-9-17;3*1-4(6)3-5(2)7;;;/h1-17,19-21H;1-7,9-16H;5-9,11-15H,1-4H3;3*3,6H,1-2H3;;;/q3*-1;;;;;;. The van der Waals surface area contributed by atoms with Gasteiger partial charge in [-0.05, 0) is 135 Å². The number of aryl methyl sites for hydroxylation is 1. The third-order valence-electron chi connectivity index (χ3n) is 16.4. The summed E-state index contributed by atoms with van der Waals surface area (Å²) in [6.45, 7) is 17.3. The molecule has 3 N–H and O–H groups in total. The van der Waals surface area contributed by atoms with Gasteiger partial charge in [-0.1, -0.05) is 179 Å². The summed E-state index contributed by atoms with van der Waals surface area (Å²) in [6, 6.07) is 94.1. The van der Waals surface area contributed by atoms with Crippen LogP contribution in [-0.4, -0.2) is 47.6 Å². The van der Waals surface area contributed by atoms with E-state index in [1.165, 1.54) is 83.0 Å². The maximum Gasteiger partial charge on any atom is 0.155 e. The van der Waals surface area contributed by atoms with E-state index < -0.39 is 0 Å². The SMILES string of the molecule is CC(=O)C=C(C)O.CC(=O)C=C(C)O.CC(=O)C=C(C)O.Cc1[c-]c(-c2cc3oc(-c4ccccc4)cc3cn2)cc(C(C)(C)C)c1.Fc1ccc(-c2cc3cnc(-c4[c-]ccc(-c5ccccc5)c4)cc3o2)cc1.[Ir].[Ir].[Ir].[c-]1ccc(-c2ccccc2)cc1-c1cc2oc(-c3ccccc3)c(-c3ccccc3)c2cn1. The summed E-state index contributed by atoms with van der Waals surface area (Å²) in [7, 11) is 0. The fourth-order valence-electron chi connectivity index (χ4n) is 11.5. The van der Waals surface area contributed by atoms with Crippen LogP contribution in [-0.2, 0) is 80.1 Å². The Bertz CT molecular complexity index is 5600. The van der Waals surface area contributed by atoms with Gasteiger partial charge in [-0.25, -0.2) is 4.39 Å². The predicted octanol–water partition coefficient (Wildman–Crippen LogP) is 24.7. The van der Waals surface area contributed by atoms with Gasteiger partial charge in [0.25, 0.3) is 0 Å². The van der Waals surface area contributed by atoms with E-state index in [9.17, 15) is 18.8 Å². The molecule has 0 saturated heterocycles. The first-order chi connectivity index (χ1) is 51.9. The molecule has 9 aromatic carbocycles. The third kappa shape index (κ3) is 25.0. The number of ketones is 3. The predicted molar refractivity (Wildman–Crippen MR) is 432 cm³/mol. The third-order valence-corrected chi connectivity index (χ3v) is 16.4. The molecule has 16 heteroatoms. The first kappa shape index (κ1) is 86.8. The number of rotatable bonds is 12. The fourth-order valence-corrected chi connectivity index (χ4v) is 11.5. The van der Waals surface area contributed by atoms with Crippen molar-refractivity contribution in [2.45, 2.75) is 74.7 Å². The van der Waals surface area contributed by atoms with E-state index in [1.54, 1.807) is 18.3 Å². The first-order valence-electron chi connectivity index (χ1n) is 34.9. The van der Waals surface area contributed by atoms with Crippen LogP contribution >= 0.6 is 0 Å². The van der Waals surface area contributed by atoms with E-state index in [4.69, 9.17) is 33.6 Å². The molecule has 0 aliphatic rings. The van der Waals surface area contributed by atoms with Gasteiger partial charge in [0.05, 0.1) is 17.3 Å². The average Bonchev–Trinajstić information content (AvgIpc) is 1.62. The number of hydrogen-bond acceptors (Lipinski definition) is 12. The zero-order valence-corrected chi connectivity index (χ0v) is 69.9. The molecule has 15 aromatic rings. The van der Waals surface area contributed by atoms with Gasteiger partial charge in [0.1, 0.15) is 39.8 Å². The Kier molecular flexibility index (Phi) is 32.4. The molecule has 0 bridgehead atoms. The number of aromatic nitrogens is 3. The second-order valence-electron chi connectivity index (χ2n) is 26.5. The van der Waals surface area contributed by atoms with Crippen LogP contribution in [0.5, 0.6) is 0 Å². The second kappa shape index (κ2) is 41.4. The molecule has 12 nitrogen and oxygen atoms in total. The number of aliphatic hydroxyl groups excluding tert-OH is 3. The summed E-state index contributed by atoms with van der Waals surface area (Å²) in [4.78, 5) is 44.1. The van der Waals surface area contributed by atoms with Crippen LogP contribution in [0.2, 0.25) is 0 Å². The van der Waals surface area contributed by atoms with Crippen LogP contribution in [0.3, 0.4) is 0 Å². The average molecular weight is 2000 g/mol. The van der Waals surface area contributed by atoms with E-state index in [0.29, 0.717) is 5.76 Å². The van der Waals surface area contributed by atoms with Crippen molar-refractivity contribution in [3.63, 3.8) is 0 Å². The largest absolute Gasteiger partial charge is 0.512 e. The van der Waals surface area contributed by atoms with Crippen LogP contribution < -0.4 is 0 Å². The number of pyridine rings is 3. The number of hydrogen-bond donors (Lipinski definition) is 3. The fraction of sp³-hybridized carbons (Fsp3) is 0.116. The van der Waals surface area contributed by atoms with E-state index in [2.05, 4.69) is 171 Å². The molecule has 0 fully saturated rings. The smallest absolute Gasteiger partial charge is 0.155 e. The first-order valence-corrected chi connectivity index (χ1v) is 34.9. The van der Waals surface area contributed by atoms with Crippen LogP contribution in [0.4, 0.5) is 4.39 Å². The molecule has 15 rings (SSSR count). The number of carbonyl (C=O) groups is 3. The number of fused-ring (bicyclic) bond motifs is 3. The number of halogens is 1. The Balaban J connectivity index is 0.000000203. The van der Waals surface area contributed by atoms with Crippen molar-refractivity contribution in [2.75, 3.05) is 0 Å². The van der Waals surface area contributed by atoms with Gasteiger partial charge in [0.15, 0.2) is 17.3 Å². The van der Waals surface area contributed by atoms with Crippen LogP contribution in [0.1, 0.15) is 73.4 Å². The Morgan fingerprint density at radius 1 is 0.396 bits per heavy atom. The minimum Gasteiger partial charge on any atom is -0.512 e. The summed E-state index contributed by atoms with van der Waals surface area (Å²) in [5, 5.41) is 28.0. The Labute approximate surface area is 687 Å².